The lowest BCUT2D eigenvalue weighted by Gasteiger charge is -2.18. The van der Waals surface area contributed by atoms with Gasteiger partial charge in [-0.1, -0.05) is 24.3 Å². The predicted octanol–water partition coefficient (Wildman–Crippen LogP) is 4.09. The van der Waals surface area contributed by atoms with Crippen molar-refractivity contribution < 1.29 is 13.9 Å². The molecule has 29 heavy (non-hydrogen) atoms. The first-order valence-electron chi connectivity index (χ1n) is 9.58. The third-order valence-electron chi connectivity index (χ3n) is 4.76. The number of hydrogen-bond acceptors (Lipinski definition) is 3. The second-order valence-corrected chi connectivity index (χ2v) is 7.08. The summed E-state index contributed by atoms with van der Waals surface area (Å²) in [6.07, 6.45) is 1.03. The van der Waals surface area contributed by atoms with Crippen LogP contribution in [0.3, 0.4) is 0 Å². The highest BCUT2D eigenvalue weighted by Gasteiger charge is 2.18. The number of aryl methyl sites for hydroxylation is 2. The number of nitrogens with one attached hydrogen (secondary N) is 2. The van der Waals surface area contributed by atoms with Crippen molar-refractivity contribution in [2.75, 3.05) is 20.3 Å². The molecule has 5 nitrogen and oxygen atoms in total. The number of aliphatic imine (C=N–C) groups is 1. The van der Waals surface area contributed by atoms with Crippen molar-refractivity contribution in [3.8, 4) is 5.75 Å². The minimum Gasteiger partial charge on any atom is -0.488 e. The van der Waals surface area contributed by atoms with Gasteiger partial charge in [0.25, 0.3) is 0 Å². The first-order valence-corrected chi connectivity index (χ1v) is 9.58. The van der Waals surface area contributed by atoms with Gasteiger partial charge in [-0.05, 0) is 42.7 Å². The number of guanidine groups is 1. The summed E-state index contributed by atoms with van der Waals surface area (Å²) >= 11 is 0. The van der Waals surface area contributed by atoms with E-state index >= 15 is 0 Å². The molecule has 1 heterocycles. The molecule has 0 aliphatic carbocycles. The maximum atomic E-state index is 13.4. The number of hydrogen-bond donors (Lipinski definition) is 2. The topological polar surface area (TPSA) is 54.9 Å². The molecule has 158 valence electrons. The summed E-state index contributed by atoms with van der Waals surface area (Å²) in [4.78, 5) is 4.27. The summed E-state index contributed by atoms with van der Waals surface area (Å²) in [5.41, 5.74) is 3.87. The summed E-state index contributed by atoms with van der Waals surface area (Å²) in [6.45, 7) is 6.37. The van der Waals surface area contributed by atoms with Crippen molar-refractivity contribution in [2.45, 2.75) is 39.5 Å². The largest absolute Gasteiger partial charge is 0.488 e. The minimum absolute atomic E-state index is 0. The lowest BCUT2D eigenvalue weighted by Crippen LogP contribution is -2.36. The van der Waals surface area contributed by atoms with Crippen LogP contribution in [-0.2, 0) is 17.8 Å². The van der Waals surface area contributed by atoms with Crippen molar-refractivity contribution in [3.05, 3.63) is 64.5 Å². The minimum atomic E-state index is -0.189. The molecule has 1 aliphatic rings. The Kier molecular flexibility index (Phi) is 9.16. The Morgan fingerprint density at radius 2 is 1.97 bits per heavy atom. The van der Waals surface area contributed by atoms with Gasteiger partial charge in [0, 0.05) is 32.1 Å². The zero-order valence-electron chi connectivity index (χ0n) is 17.1. The Labute approximate surface area is 189 Å². The van der Waals surface area contributed by atoms with Crippen LogP contribution >= 0.6 is 24.0 Å². The fourth-order valence-electron chi connectivity index (χ4n) is 3.11. The fraction of sp³-hybridized carbons (Fsp3) is 0.409. The first kappa shape index (κ1) is 23.4. The molecule has 2 aromatic carbocycles. The van der Waals surface area contributed by atoms with E-state index in [0.717, 1.165) is 35.5 Å². The standard InChI is InChI=1S/C22H28FN3O2.HI/c1-15-4-6-18(21(10-15)28-19-8-9-27-14-19)13-26-22(24-3)25-12-17-5-7-20(23)16(2)11-17;/h4-7,10-11,19H,8-9,12-14H2,1-3H3,(H2,24,25,26);1H. The molecule has 1 saturated heterocycles. The number of rotatable bonds is 6. The zero-order chi connectivity index (χ0) is 19.9. The molecular formula is C22H29FIN3O2. The Balaban J connectivity index is 0.00000300. The normalized spacial score (nSPS) is 16.3. The quantitative estimate of drug-likeness (QED) is 0.347. The lowest BCUT2D eigenvalue weighted by atomic mass is 10.1. The van der Waals surface area contributed by atoms with E-state index in [1.165, 1.54) is 6.07 Å². The molecule has 0 amide bonds. The molecule has 1 fully saturated rings. The van der Waals surface area contributed by atoms with Gasteiger partial charge in [-0.3, -0.25) is 4.99 Å². The molecule has 2 aromatic rings. The van der Waals surface area contributed by atoms with Gasteiger partial charge in [0.2, 0.25) is 0 Å². The van der Waals surface area contributed by atoms with E-state index in [0.29, 0.717) is 31.2 Å². The highest BCUT2D eigenvalue weighted by Crippen LogP contribution is 2.23. The number of halogens is 2. The average Bonchev–Trinajstić information content (AvgIpc) is 3.19. The summed E-state index contributed by atoms with van der Waals surface area (Å²) in [5, 5.41) is 6.58. The Morgan fingerprint density at radius 3 is 2.66 bits per heavy atom. The average molecular weight is 513 g/mol. The molecule has 7 heteroatoms. The van der Waals surface area contributed by atoms with Gasteiger partial charge in [-0.25, -0.2) is 4.39 Å². The van der Waals surface area contributed by atoms with Gasteiger partial charge in [-0.15, -0.1) is 24.0 Å². The van der Waals surface area contributed by atoms with Gasteiger partial charge in [0.15, 0.2) is 5.96 Å². The molecule has 2 N–H and O–H groups in total. The number of nitrogens with zero attached hydrogens (tertiary/aromatic N) is 1. The summed E-state index contributed by atoms with van der Waals surface area (Å²) in [6, 6.07) is 11.3. The van der Waals surface area contributed by atoms with E-state index in [1.807, 2.05) is 6.07 Å². The van der Waals surface area contributed by atoms with Gasteiger partial charge in [-0.2, -0.15) is 0 Å². The van der Waals surface area contributed by atoms with Crippen LogP contribution in [0.1, 0.15) is 28.7 Å². The molecule has 0 radical (unpaired) electrons. The molecule has 0 bridgehead atoms. The molecule has 1 aliphatic heterocycles. The Hall–Kier alpha value is -1.87. The van der Waals surface area contributed by atoms with Crippen LogP contribution in [-0.4, -0.2) is 32.3 Å². The summed E-state index contributed by atoms with van der Waals surface area (Å²) < 4.78 is 25.0. The maximum absolute atomic E-state index is 13.4. The van der Waals surface area contributed by atoms with Crippen LogP contribution in [0.25, 0.3) is 0 Å². The first-order chi connectivity index (χ1) is 13.5. The Bertz CT molecular complexity index is 839. The third-order valence-corrected chi connectivity index (χ3v) is 4.76. The maximum Gasteiger partial charge on any atom is 0.191 e. The highest BCUT2D eigenvalue weighted by atomic mass is 127. The molecule has 1 atom stereocenters. The van der Waals surface area contributed by atoms with E-state index in [-0.39, 0.29) is 35.9 Å². The summed E-state index contributed by atoms with van der Waals surface area (Å²) in [7, 11) is 1.73. The molecule has 3 rings (SSSR count). The van der Waals surface area contributed by atoms with Crippen molar-refractivity contribution >= 4 is 29.9 Å². The van der Waals surface area contributed by atoms with E-state index in [2.05, 4.69) is 40.7 Å². The van der Waals surface area contributed by atoms with Crippen LogP contribution in [0.2, 0.25) is 0 Å². The van der Waals surface area contributed by atoms with Crippen LogP contribution < -0.4 is 15.4 Å². The lowest BCUT2D eigenvalue weighted by molar-refractivity contribution is 0.140. The van der Waals surface area contributed by atoms with Crippen molar-refractivity contribution in [2.24, 2.45) is 4.99 Å². The molecule has 0 saturated carbocycles. The van der Waals surface area contributed by atoms with E-state index in [4.69, 9.17) is 9.47 Å². The summed E-state index contributed by atoms with van der Waals surface area (Å²) in [5.74, 6) is 1.37. The van der Waals surface area contributed by atoms with Crippen molar-refractivity contribution in [1.82, 2.24) is 10.6 Å². The van der Waals surface area contributed by atoms with Crippen LogP contribution in [0.4, 0.5) is 4.39 Å². The third kappa shape index (κ3) is 6.85. The Morgan fingerprint density at radius 1 is 1.17 bits per heavy atom. The fourth-order valence-corrected chi connectivity index (χ4v) is 3.11. The molecule has 1 unspecified atom stereocenters. The van der Waals surface area contributed by atoms with E-state index in [9.17, 15) is 4.39 Å². The van der Waals surface area contributed by atoms with Crippen LogP contribution in [0, 0.1) is 19.7 Å². The van der Waals surface area contributed by atoms with Crippen LogP contribution in [0.15, 0.2) is 41.4 Å². The number of benzene rings is 2. The van der Waals surface area contributed by atoms with Gasteiger partial charge < -0.3 is 20.1 Å². The van der Waals surface area contributed by atoms with Crippen molar-refractivity contribution in [1.29, 1.82) is 0 Å². The second-order valence-electron chi connectivity index (χ2n) is 7.08. The van der Waals surface area contributed by atoms with Gasteiger partial charge in [0.1, 0.15) is 17.7 Å². The van der Waals surface area contributed by atoms with Crippen molar-refractivity contribution in [3.63, 3.8) is 0 Å². The second kappa shape index (κ2) is 11.3. The molecule has 0 aromatic heterocycles. The highest BCUT2D eigenvalue weighted by molar-refractivity contribution is 14.0. The zero-order valence-corrected chi connectivity index (χ0v) is 19.5. The molecular weight excluding hydrogens is 484 g/mol. The van der Waals surface area contributed by atoms with Gasteiger partial charge in [0.05, 0.1) is 13.2 Å². The number of ether oxygens (including phenoxy) is 2. The molecule has 0 spiro atoms. The SMILES string of the molecule is CN=C(NCc1ccc(F)c(C)c1)NCc1ccc(C)cc1OC1CCOC1.I. The van der Waals surface area contributed by atoms with E-state index < -0.39 is 0 Å². The monoisotopic (exact) mass is 513 g/mol. The van der Waals surface area contributed by atoms with E-state index in [1.54, 1.807) is 20.0 Å². The predicted molar refractivity (Wildman–Crippen MR) is 125 cm³/mol. The smallest absolute Gasteiger partial charge is 0.191 e. The van der Waals surface area contributed by atoms with Crippen LogP contribution in [0.5, 0.6) is 5.75 Å². The van der Waals surface area contributed by atoms with Gasteiger partial charge >= 0.3 is 0 Å².